The first-order chi connectivity index (χ1) is 12.7. The van der Waals surface area contributed by atoms with Crippen molar-refractivity contribution >= 4 is 22.8 Å². The first-order valence-electron chi connectivity index (χ1n) is 9.05. The molecule has 132 valence electrons. The van der Waals surface area contributed by atoms with Crippen LogP contribution in [-0.4, -0.2) is 22.4 Å². The Balaban J connectivity index is 1.43. The lowest BCUT2D eigenvalue weighted by molar-refractivity contribution is -0.120. The fraction of sp³-hybridized carbons (Fsp3) is 0.286. The second-order valence-electron chi connectivity index (χ2n) is 6.71. The van der Waals surface area contributed by atoms with Gasteiger partial charge in [-0.3, -0.25) is 4.79 Å². The Morgan fingerprint density at radius 1 is 1.08 bits per heavy atom. The second kappa shape index (κ2) is 7.12. The molecule has 0 spiro atoms. The highest BCUT2D eigenvalue weighted by Gasteiger charge is 2.21. The van der Waals surface area contributed by atoms with Crippen molar-refractivity contribution in [2.45, 2.75) is 32.2 Å². The third kappa shape index (κ3) is 3.38. The average Bonchev–Trinajstić information content (AvgIpc) is 2.66. The number of fused-ring (bicyclic) bond motifs is 2. The first-order valence-corrected chi connectivity index (χ1v) is 9.05. The fourth-order valence-corrected chi connectivity index (χ4v) is 3.57. The van der Waals surface area contributed by atoms with Crippen molar-refractivity contribution in [3.63, 3.8) is 0 Å². The molecular formula is C21H22N4O. The number of carbonyl (C=O) groups is 1. The van der Waals surface area contributed by atoms with Gasteiger partial charge in [0.2, 0.25) is 5.91 Å². The molecule has 1 heterocycles. The number of benzene rings is 2. The summed E-state index contributed by atoms with van der Waals surface area (Å²) < 4.78 is 0. The van der Waals surface area contributed by atoms with Gasteiger partial charge < -0.3 is 10.6 Å². The molecule has 1 aliphatic rings. The van der Waals surface area contributed by atoms with Gasteiger partial charge in [-0.25, -0.2) is 9.97 Å². The number of amides is 1. The first kappa shape index (κ1) is 16.5. The van der Waals surface area contributed by atoms with Crippen molar-refractivity contribution in [1.82, 2.24) is 15.3 Å². The van der Waals surface area contributed by atoms with E-state index in [1.54, 1.807) is 0 Å². The number of aromatic nitrogens is 2. The van der Waals surface area contributed by atoms with Crippen LogP contribution < -0.4 is 10.6 Å². The van der Waals surface area contributed by atoms with E-state index in [1.807, 2.05) is 37.3 Å². The van der Waals surface area contributed by atoms with Crippen LogP contribution in [0.25, 0.3) is 11.0 Å². The highest BCUT2D eigenvalue weighted by molar-refractivity contribution is 5.82. The summed E-state index contributed by atoms with van der Waals surface area (Å²) in [6.07, 6.45) is 3.18. The normalized spacial score (nSPS) is 16.1. The summed E-state index contributed by atoms with van der Waals surface area (Å²) in [7, 11) is 0. The number of nitrogens with one attached hydrogen (secondary N) is 2. The van der Waals surface area contributed by atoms with Gasteiger partial charge in [0.15, 0.2) is 0 Å². The Hall–Kier alpha value is -2.95. The van der Waals surface area contributed by atoms with Crippen LogP contribution in [0.15, 0.2) is 48.5 Å². The van der Waals surface area contributed by atoms with Crippen LogP contribution in [0.4, 0.5) is 5.82 Å². The van der Waals surface area contributed by atoms with Gasteiger partial charge in [-0.2, -0.15) is 0 Å². The maximum atomic E-state index is 12.4. The number of aryl methyl sites for hydroxylation is 2. The minimum Gasteiger partial charge on any atom is -0.359 e. The number of carbonyl (C=O) groups excluding carboxylic acids is 1. The minimum atomic E-state index is -0.0268. The van der Waals surface area contributed by atoms with E-state index in [2.05, 4.69) is 38.8 Å². The van der Waals surface area contributed by atoms with Crippen LogP contribution in [0, 0.1) is 6.92 Å². The molecular weight excluding hydrogens is 324 g/mol. The predicted molar refractivity (Wildman–Crippen MR) is 103 cm³/mol. The summed E-state index contributed by atoms with van der Waals surface area (Å²) >= 11 is 0. The summed E-state index contributed by atoms with van der Waals surface area (Å²) in [6, 6.07) is 16.2. The van der Waals surface area contributed by atoms with Gasteiger partial charge >= 0.3 is 0 Å². The van der Waals surface area contributed by atoms with Crippen LogP contribution >= 0.6 is 0 Å². The van der Waals surface area contributed by atoms with E-state index in [0.717, 1.165) is 36.0 Å². The second-order valence-corrected chi connectivity index (χ2v) is 6.71. The predicted octanol–water partition coefficient (Wildman–Crippen LogP) is 3.54. The van der Waals surface area contributed by atoms with E-state index in [1.165, 1.54) is 11.1 Å². The molecule has 1 unspecified atom stereocenters. The van der Waals surface area contributed by atoms with Crippen molar-refractivity contribution in [2.24, 2.45) is 0 Å². The molecule has 5 heteroatoms. The fourth-order valence-electron chi connectivity index (χ4n) is 3.57. The summed E-state index contributed by atoms with van der Waals surface area (Å²) in [5.41, 5.74) is 5.06. The zero-order chi connectivity index (χ0) is 17.9. The molecule has 1 atom stereocenters. The molecule has 0 aliphatic heterocycles. The number of rotatable bonds is 4. The van der Waals surface area contributed by atoms with Gasteiger partial charge in [0, 0.05) is 0 Å². The summed E-state index contributed by atoms with van der Waals surface area (Å²) in [5, 5.41) is 6.29. The van der Waals surface area contributed by atoms with Crippen LogP contribution in [0.1, 0.15) is 35.7 Å². The van der Waals surface area contributed by atoms with Crippen LogP contribution in [0.2, 0.25) is 0 Å². The zero-order valence-corrected chi connectivity index (χ0v) is 14.8. The van der Waals surface area contributed by atoms with Gasteiger partial charge in [-0.1, -0.05) is 36.4 Å². The monoisotopic (exact) mass is 346 g/mol. The Morgan fingerprint density at radius 2 is 1.81 bits per heavy atom. The summed E-state index contributed by atoms with van der Waals surface area (Å²) in [4.78, 5) is 21.6. The van der Waals surface area contributed by atoms with Crippen molar-refractivity contribution in [3.05, 3.63) is 65.4 Å². The molecule has 1 aliphatic carbocycles. The number of para-hydroxylation sites is 2. The average molecular weight is 346 g/mol. The molecule has 2 aromatic carbocycles. The lowest BCUT2D eigenvalue weighted by atomic mass is 9.88. The number of anilines is 1. The topological polar surface area (TPSA) is 66.9 Å². The molecule has 1 amide bonds. The Labute approximate surface area is 152 Å². The van der Waals surface area contributed by atoms with Gasteiger partial charge in [-0.05, 0) is 49.4 Å². The maximum absolute atomic E-state index is 12.4. The third-order valence-corrected chi connectivity index (χ3v) is 4.87. The Kier molecular flexibility index (Phi) is 4.52. The maximum Gasteiger partial charge on any atom is 0.239 e. The van der Waals surface area contributed by atoms with Crippen molar-refractivity contribution in [3.8, 4) is 0 Å². The summed E-state index contributed by atoms with van der Waals surface area (Å²) in [5.74, 6) is 0.629. The summed E-state index contributed by atoms with van der Waals surface area (Å²) in [6.45, 7) is 2.09. The SMILES string of the molecule is Cc1nc2ccccc2nc1NCC(=O)NC1CCCc2ccccc21. The highest BCUT2D eigenvalue weighted by Crippen LogP contribution is 2.29. The Bertz CT molecular complexity index is 954. The van der Waals surface area contributed by atoms with Crippen LogP contribution in [-0.2, 0) is 11.2 Å². The van der Waals surface area contributed by atoms with Crippen molar-refractivity contribution in [1.29, 1.82) is 0 Å². The lowest BCUT2D eigenvalue weighted by Crippen LogP contribution is -2.35. The van der Waals surface area contributed by atoms with E-state index < -0.39 is 0 Å². The molecule has 1 aromatic heterocycles. The van der Waals surface area contributed by atoms with Crippen LogP contribution in [0.5, 0.6) is 0 Å². The molecule has 5 nitrogen and oxygen atoms in total. The van der Waals surface area contributed by atoms with E-state index in [9.17, 15) is 4.79 Å². The molecule has 0 fully saturated rings. The largest absolute Gasteiger partial charge is 0.359 e. The van der Waals surface area contributed by atoms with Gasteiger partial charge in [-0.15, -0.1) is 0 Å². The molecule has 3 aromatic rings. The highest BCUT2D eigenvalue weighted by atomic mass is 16.2. The smallest absolute Gasteiger partial charge is 0.239 e. The minimum absolute atomic E-state index is 0.0268. The van der Waals surface area contributed by atoms with Crippen molar-refractivity contribution in [2.75, 3.05) is 11.9 Å². The lowest BCUT2D eigenvalue weighted by Gasteiger charge is -2.26. The van der Waals surface area contributed by atoms with Crippen molar-refractivity contribution < 1.29 is 4.79 Å². The quantitative estimate of drug-likeness (QED) is 0.758. The van der Waals surface area contributed by atoms with Gasteiger partial charge in [0.1, 0.15) is 5.82 Å². The molecule has 26 heavy (non-hydrogen) atoms. The Morgan fingerprint density at radius 3 is 2.65 bits per heavy atom. The standard InChI is InChI=1S/C21H22N4O/c1-14-21(25-19-11-5-4-10-18(19)23-14)22-13-20(26)24-17-12-6-8-15-7-2-3-9-16(15)17/h2-5,7,9-11,17H,6,8,12-13H2,1H3,(H,22,25)(H,24,26). The molecule has 0 saturated heterocycles. The molecule has 0 radical (unpaired) electrons. The molecule has 4 rings (SSSR count). The van der Waals surface area contributed by atoms with E-state index >= 15 is 0 Å². The van der Waals surface area contributed by atoms with E-state index in [-0.39, 0.29) is 18.5 Å². The zero-order valence-electron chi connectivity index (χ0n) is 14.8. The van der Waals surface area contributed by atoms with E-state index in [4.69, 9.17) is 0 Å². The number of hydrogen-bond donors (Lipinski definition) is 2. The molecule has 2 N–H and O–H groups in total. The number of hydrogen-bond acceptors (Lipinski definition) is 4. The van der Waals surface area contributed by atoms with Crippen LogP contribution in [0.3, 0.4) is 0 Å². The van der Waals surface area contributed by atoms with Gasteiger partial charge in [0.25, 0.3) is 0 Å². The van der Waals surface area contributed by atoms with E-state index in [0.29, 0.717) is 5.82 Å². The number of nitrogens with zero attached hydrogens (tertiary/aromatic N) is 2. The van der Waals surface area contributed by atoms with Gasteiger partial charge in [0.05, 0.1) is 29.3 Å². The molecule has 0 bridgehead atoms. The molecule has 0 saturated carbocycles. The third-order valence-electron chi connectivity index (χ3n) is 4.87.